The lowest BCUT2D eigenvalue weighted by Gasteiger charge is -2.31. The lowest BCUT2D eigenvalue weighted by atomic mass is 9.89. The SMILES string of the molecule is CCCNC1(C(=O)OCC)CCCC(C)CC1. The Morgan fingerprint density at radius 1 is 1.35 bits per heavy atom. The van der Waals surface area contributed by atoms with Crippen LogP contribution in [-0.2, 0) is 9.53 Å². The molecule has 3 nitrogen and oxygen atoms in total. The molecule has 1 rings (SSSR count). The summed E-state index contributed by atoms with van der Waals surface area (Å²) >= 11 is 0. The summed E-state index contributed by atoms with van der Waals surface area (Å²) in [5.41, 5.74) is -0.406. The van der Waals surface area contributed by atoms with Crippen molar-refractivity contribution in [2.75, 3.05) is 13.2 Å². The van der Waals surface area contributed by atoms with Crippen molar-refractivity contribution in [2.24, 2.45) is 5.92 Å². The van der Waals surface area contributed by atoms with Crippen molar-refractivity contribution in [2.45, 2.75) is 64.8 Å². The van der Waals surface area contributed by atoms with Crippen molar-refractivity contribution in [1.82, 2.24) is 5.32 Å². The highest BCUT2D eigenvalue weighted by Gasteiger charge is 2.40. The molecule has 2 atom stereocenters. The van der Waals surface area contributed by atoms with Gasteiger partial charge >= 0.3 is 5.97 Å². The van der Waals surface area contributed by atoms with Crippen LogP contribution in [0.5, 0.6) is 0 Å². The van der Waals surface area contributed by atoms with Crippen LogP contribution in [0.1, 0.15) is 59.3 Å². The summed E-state index contributed by atoms with van der Waals surface area (Å²) in [6.45, 7) is 7.66. The number of esters is 1. The van der Waals surface area contributed by atoms with Crippen LogP contribution in [0.3, 0.4) is 0 Å². The molecule has 1 fully saturated rings. The van der Waals surface area contributed by atoms with Crippen LogP contribution in [0, 0.1) is 5.92 Å². The minimum Gasteiger partial charge on any atom is -0.465 e. The first-order valence-electron chi connectivity index (χ1n) is 7.07. The van der Waals surface area contributed by atoms with Gasteiger partial charge in [-0.15, -0.1) is 0 Å². The van der Waals surface area contributed by atoms with E-state index >= 15 is 0 Å². The van der Waals surface area contributed by atoms with Gasteiger partial charge in [0.1, 0.15) is 5.54 Å². The maximum atomic E-state index is 12.2. The van der Waals surface area contributed by atoms with E-state index in [-0.39, 0.29) is 5.97 Å². The molecule has 0 bridgehead atoms. The molecular formula is C14H27NO2. The Bertz CT molecular complexity index is 238. The molecule has 100 valence electrons. The Kier molecular flexibility index (Phi) is 5.96. The van der Waals surface area contributed by atoms with Crippen molar-refractivity contribution >= 4 is 5.97 Å². The molecule has 0 aliphatic heterocycles. The third-order valence-corrected chi connectivity index (χ3v) is 3.74. The monoisotopic (exact) mass is 241 g/mol. The van der Waals surface area contributed by atoms with Crippen LogP contribution in [0.2, 0.25) is 0 Å². The summed E-state index contributed by atoms with van der Waals surface area (Å²) in [5.74, 6) is 0.692. The van der Waals surface area contributed by atoms with Gasteiger partial charge < -0.3 is 10.1 Å². The lowest BCUT2D eigenvalue weighted by molar-refractivity contribution is -0.152. The maximum Gasteiger partial charge on any atom is 0.326 e. The van der Waals surface area contributed by atoms with E-state index in [1.54, 1.807) is 0 Å². The summed E-state index contributed by atoms with van der Waals surface area (Å²) in [7, 11) is 0. The maximum absolute atomic E-state index is 12.2. The van der Waals surface area contributed by atoms with Crippen LogP contribution in [0.25, 0.3) is 0 Å². The number of nitrogens with one attached hydrogen (secondary N) is 1. The first-order valence-corrected chi connectivity index (χ1v) is 7.07. The van der Waals surface area contributed by atoms with E-state index in [4.69, 9.17) is 4.74 Å². The Morgan fingerprint density at radius 3 is 2.76 bits per heavy atom. The predicted molar refractivity (Wildman–Crippen MR) is 69.9 cm³/mol. The van der Waals surface area contributed by atoms with Gasteiger partial charge in [-0.3, -0.25) is 4.79 Å². The van der Waals surface area contributed by atoms with Gasteiger partial charge in [0.05, 0.1) is 6.61 Å². The second kappa shape index (κ2) is 7.00. The Labute approximate surface area is 105 Å². The molecule has 0 amide bonds. The topological polar surface area (TPSA) is 38.3 Å². The highest BCUT2D eigenvalue weighted by molar-refractivity contribution is 5.80. The molecule has 0 saturated heterocycles. The predicted octanol–water partition coefficient (Wildman–Crippen LogP) is 2.89. The van der Waals surface area contributed by atoms with Crippen molar-refractivity contribution < 1.29 is 9.53 Å². The van der Waals surface area contributed by atoms with Crippen LogP contribution < -0.4 is 5.32 Å². The number of ether oxygens (including phenoxy) is 1. The standard InChI is InChI=1S/C14H27NO2/c1-4-11-15-14(13(16)17-5-2)9-6-7-12(3)8-10-14/h12,15H,4-11H2,1-3H3. The molecular weight excluding hydrogens is 214 g/mol. The van der Waals surface area contributed by atoms with E-state index in [1.807, 2.05) is 6.92 Å². The molecule has 0 spiro atoms. The number of rotatable bonds is 5. The number of hydrogen-bond donors (Lipinski definition) is 1. The molecule has 1 N–H and O–H groups in total. The van der Waals surface area contributed by atoms with Crippen LogP contribution >= 0.6 is 0 Å². The van der Waals surface area contributed by atoms with Gasteiger partial charge in [-0.2, -0.15) is 0 Å². The summed E-state index contributed by atoms with van der Waals surface area (Å²) in [6.07, 6.45) is 6.38. The van der Waals surface area contributed by atoms with Crippen molar-refractivity contribution in [1.29, 1.82) is 0 Å². The summed E-state index contributed by atoms with van der Waals surface area (Å²) in [6, 6.07) is 0. The molecule has 1 aliphatic carbocycles. The number of carbonyl (C=O) groups is 1. The van der Waals surface area contributed by atoms with Crippen molar-refractivity contribution in [3.63, 3.8) is 0 Å². The van der Waals surface area contributed by atoms with E-state index in [0.29, 0.717) is 6.61 Å². The fraction of sp³-hybridized carbons (Fsp3) is 0.929. The largest absolute Gasteiger partial charge is 0.465 e. The summed E-state index contributed by atoms with van der Waals surface area (Å²) in [4.78, 5) is 12.2. The average molecular weight is 241 g/mol. The van der Waals surface area contributed by atoms with Gasteiger partial charge in [0.2, 0.25) is 0 Å². The number of carbonyl (C=O) groups excluding carboxylic acids is 1. The van der Waals surface area contributed by atoms with Gasteiger partial charge in [0, 0.05) is 0 Å². The highest BCUT2D eigenvalue weighted by Crippen LogP contribution is 2.31. The van der Waals surface area contributed by atoms with Gasteiger partial charge in [-0.25, -0.2) is 0 Å². The Hall–Kier alpha value is -0.570. The molecule has 3 heteroatoms. The van der Waals surface area contributed by atoms with Gasteiger partial charge in [0.25, 0.3) is 0 Å². The first kappa shape index (κ1) is 14.5. The zero-order valence-electron chi connectivity index (χ0n) is 11.6. The van der Waals surface area contributed by atoms with Gasteiger partial charge in [-0.05, 0) is 45.1 Å². The third kappa shape index (κ3) is 3.98. The minimum absolute atomic E-state index is 0.0393. The van der Waals surface area contributed by atoms with Crippen LogP contribution in [0.15, 0.2) is 0 Å². The quantitative estimate of drug-likeness (QED) is 0.594. The molecule has 1 aliphatic rings. The van der Waals surface area contributed by atoms with Crippen molar-refractivity contribution in [3.05, 3.63) is 0 Å². The van der Waals surface area contributed by atoms with Gasteiger partial charge in [-0.1, -0.05) is 26.7 Å². The van der Waals surface area contributed by atoms with Gasteiger partial charge in [0.15, 0.2) is 0 Å². The molecule has 0 aromatic heterocycles. The number of hydrogen-bond acceptors (Lipinski definition) is 3. The van der Waals surface area contributed by atoms with E-state index in [2.05, 4.69) is 19.2 Å². The molecule has 0 aromatic carbocycles. The molecule has 0 radical (unpaired) electrons. The fourth-order valence-electron chi connectivity index (χ4n) is 2.60. The Morgan fingerprint density at radius 2 is 2.12 bits per heavy atom. The molecule has 1 saturated carbocycles. The minimum atomic E-state index is -0.406. The van der Waals surface area contributed by atoms with Crippen LogP contribution in [-0.4, -0.2) is 24.7 Å². The molecule has 2 unspecified atom stereocenters. The Balaban J connectivity index is 2.72. The van der Waals surface area contributed by atoms with Crippen molar-refractivity contribution in [3.8, 4) is 0 Å². The summed E-state index contributed by atoms with van der Waals surface area (Å²) < 4.78 is 5.27. The zero-order chi connectivity index (χ0) is 12.7. The smallest absolute Gasteiger partial charge is 0.326 e. The molecule has 17 heavy (non-hydrogen) atoms. The second-order valence-electron chi connectivity index (χ2n) is 5.27. The third-order valence-electron chi connectivity index (χ3n) is 3.74. The van der Waals surface area contributed by atoms with Crippen LogP contribution in [0.4, 0.5) is 0 Å². The second-order valence-corrected chi connectivity index (χ2v) is 5.27. The average Bonchev–Trinajstić information content (AvgIpc) is 2.50. The zero-order valence-corrected chi connectivity index (χ0v) is 11.6. The highest BCUT2D eigenvalue weighted by atomic mass is 16.5. The first-order chi connectivity index (χ1) is 8.14. The van der Waals surface area contributed by atoms with E-state index in [0.717, 1.165) is 44.6 Å². The van der Waals surface area contributed by atoms with E-state index in [1.165, 1.54) is 6.42 Å². The fourth-order valence-corrected chi connectivity index (χ4v) is 2.60. The normalized spacial score (nSPS) is 29.7. The molecule has 0 heterocycles. The lowest BCUT2D eigenvalue weighted by Crippen LogP contribution is -2.53. The summed E-state index contributed by atoms with van der Waals surface area (Å²) in [5, 5.41) is 3.46. The van der Waals surface area contributed by atoms with E-state index < -0.39 is 5.54 Å². The van der Waals surface area contributed by atoms with E-state index in [9.17, 15) is 4.79 Å². The molecule has 0 aromatic rings.